The van der Waals surface area contributed by atoms with Crippen molar-refractivity contribution in [2.75, 3.05) is 33.2 Å². The Morgan fingerprint density at radius 3 is 2.91 bits per heavy atom. The molecule has 4 rings (SSSR count). The maximum Gasteiger partial charge on any atom is 0.228 e. The number of nitrogens with zero attached hydrogens (tertiary/aromatic N) is 5. The van der Waals surface area contributed by atoms with Gasteiger partial charge < -0.3 is 14.7 Å². The first-order valence-corrected chi connectivity index (χ1v) is 8.16. The van der Waals surface area contributed by atoms with Gasteiger partial charge in [-0.1, -0.05) is 0 Å². The number of rotatable bonds is 2. The summed E-state index contributed by atoms with van der Waals surface area (Å²) in [6.45, 7) is 3.63. The molecule has 3 aliphatic rings. The van der Waals surface area contributed by atoms with Crippen LogP contribution in [0, 0.1) is 5.92 Å². The molecule has 2 amide bonds. The van der Waals surface area contributed by atoms with Crippen molar-refractivity contribution in [3.8, 4) is 0 Å². The van der Waals surface area contributed by atoms with E-state index in [0.717, 1.165) is 30.8 Å². The summed E-state index contributed by atoms with van der Waals surface area (Å²) in [5, 5.41) is 0. The molecular weight excluding hydrogens is 294 g/mol. The lowest BCUT2D eigenvalue weighted by Gasteiger charge is -2.42. The average molecular weight is 315 g/mol. The summed E-state index contributed by atoms with van der Waals surface area (Å²) in [6, 6.07) is 0.292. The number of hydrogen-bond donors (Lipinski definition) is 0. The number of fused-ring (bicyclic) bond motifs is 1. The van der Waals surface area contributed by atoms with Crippen molar-refractivity contribution < 1.29 is 9.59 Å². The molecule has 7 nitrogen and oxygen atoms in total. The SMILES string of the molecule is CN1CC(N2CC(C(=O)N3CCc4cncnc4C3)CC2=O)C1. The van der Waals surface area contributed by atoms with Crippen molar-refractivity contribution in [2.45, 2.75) is 25.4 Å². The Kier molecular flexibility index (Phi) is 3.52. The Bertz CT molecular complexity index is 643. The predicted molar refractivity (Wildman–Crippen MR) is 82.3 cm³/mol. The van der Waals surface area contributed by atoms with E-state index in [1.54, 1.807) is 0 Å². The van der Waals surface area contributed by atoms with Crippen LogP contribution in [0.5, 0.6) is 0 Å². The summed E-state index contributed by atoms with van der Waals surface area (Å²) in [6.07, 6.45) is 4.50. The second-order valence-corrected chi connectivity index (χ2v) is 6.83. The van der Waals surface area contributed by atoms with Gasteiger partial charge in [0.15, 0.2) is 0 Å². The number of hydrogen-bond acceptors (Lipinski definition) is 5. The van der Waals surface area contributed by atoms with Gasteiger partial charge in [-0.2, -0.15) is 0 Å². The van der Waals surface area contributed by atoms with Crippen LogP contribution in [0.25, 0.3) is 0 Å². The van der Waals surface area contributed by atoms with Crippen molar-refractivity contribution in [3.63, 3.8) is 0 Å². The molecule has 1 aromatic rings. The van der Waals surface area contributed by atoms with Gasteiger partial charge in [0, 0.05) is 38.8 Å². The first kappa shape index (κ1) is 14.6. The van der Waals surface area contributed by atoms with Crippen molar-refractivity contribution in [3.05, 3.63) is 23.8 Å². The van der Waals surface area contributed by atoms with Gasteiger partial charge in [0.2, 0.25) is 11.8 Å². The predicted octanol–water partition coefficient (Wildman–Crippen LogP) is -0.476. The maximum absolute atomic E-state index is 12.8. The normalized spacial score (nSPS) is 25.4. The second kappa shape index (κ2) is 5.56. The Morgan fingerprint density at radius 1 is 1.30 bits per heavy atom. The van der Waals surface area contributed by atoms with E-state index >= 15 is 0 Å². The van der Waals surface area contributed by atoms with E-state index in [-0.39, 0.29) is 17.7 Å². The summed E-state index contributed by atoms with van der Waals surface area (Å²) in [7, 11) is 2.05. The summed E-state index contributed by atoms with van der Waals surface area (Å²) in [4.78, 5) is 39.3. The van der Waals surface area contributed by atoms with Crippen molar-refractivity contribution in [1.82, 2.24) is 24.7 Å². The fourth-order valence-electron chi connectivity index (χ4n) is 3.81. The highest BCUT2D eigenvalue weighted by molar-refractivity contribution is 5.89. The smallest absolute Gasteiger partial charge is 0.228 e. The van der Waals surface area contributed by atoms with Gasteiger partial charge in [-0.3, -0.25) is 9.59 Å². The monoisotopic (exact) mass is 315 g/mol. The summed E-state index contributed by atoms with van der Waals surface area (Å²) < 4.78 is 0. The minimum atomic E-state index is -0.197. The van der Waals surface area contributed by atoms with E-state index in [4.69, 9.17) is 0 Å². The van der Waals surface area contributed by atoms with Gasteiger partial charge in [0.25, 0.3) is 0 Å². The van der Waals surface area contributed by atoms with E-state index in [2.05, 4.69) is 14.9 Å². The molecule has 0 aromatic carbocycles. The molecule has 0 N–H and O–H groups in total. The molecule has 0 spiro atoms. The van der Waals surface area contributed by atoms with Crippen molar-refractivity contribution in [2.24, 2.45) is 5.92 Å². The number of likely N-dealkylation sites (tertiary alicyclic amines) is 2. The third-order valence-corrected chi connectivity index (χ3v) is 5.18. The highest BCUT2D eigenvalue weighted by Gasteiger charge is 2.42. The molecule has 3 aliphatic heterocycles. The molecule has 2 fully saturated rings. The van der Waals surface area contributed by atoms with Gasteiger partial charge in [0.1, 0.15) is 6.33 Å². The number of carbonyl (C=O) groups is 2. The maximum atomic E-state index is 12.8. The molecule has 2 saturated heterocycles. The number of amides is 2. The van der Waals surface area contributed by atoms with E-state index in [1.165, 1.54) is 6.33 Å². The lowest BCUT2D eigenvalue weighted by molar-refractivity contribution is -0.136. The van der Waals surface area contributed by atoms with E-state index in [9.17, 15) is 9.59 Å². The third-order valence-electron chi connectivity index (χ3n) is 5.18. The van der Waals surface area contributed by atoms with Gasteiger partial charge in [-0.15, -0.1) is 0 Å². The number of aromatic nitrogens is 2. The Morgan fingerprint density at radius 2 is 2.13 bits per heavy atom. The lowest BCUT2D eigenvalue weighted by Crippen LogP contribution is -2.58. The fourth-order valence-corrected chi connectivity index (χ4v) is 3.81. The van der Waals surface area contributed by atoms with Crippen LogP contribution in [0.3, 0.4) is 0 Å². The van der Waals surface area contributed by atoms with Crippen LogP contribution in [0.1, 0.15) is 17.7 Å². The van der Waals surface area contributed by atoms with Gasteiger partial charge >= 0.3 is 0 Å². The molecule has 7 heteroatoms. The molecule has 4 heterocycles. The molecule has 23 heavy (non-hydrogen) atoms. The minimum Gasteiger partial charge on any atom is -0.336 e. The molecule has 1 atom stereocenters. The van der Waals surface area contributed by atoms with Crippen LogP contribution in [0.4, 0.5) is 0 Å². The molecule has 0 saturated carbocycles. The van der Waals surface area contributed by atoms with Crippen LogP contribution in [-0.4, -0.2) is 75.8 Å². The molecular formula is C16H21N5O2. The average Bonchev–Trinajstić information content (AvgIpc) is 2.92. The second-order valence-electron chi connectivity index (χ2n) is 6.83. The van der Waals surface area contributed by atoms with Crippen LogP contribution in [-0.2, 0) is 22.6 Å². The molecule has 0 aliphatic carbocycles. The topological polar surface area (TPSA) is 69.6 Å². The Labute approximate surface area is 135 Å². The highest BCUT2D eigenvalue weighted by atomic mass is 16.2. The third kappa shape index (κ3) is 2.59. The summed E-state index contributed by atoms with van der Waals surface area (Å²) in [5.41, 5.74) is 2.06. The molecule has 1 aromatic heterocycles. The summed E-state index contributed by atoms with van der Waals surface area (Å²) in [5.74, 6) is 0.0239. The van der Waals surface area contributed by atoms with Gasteiger partial charge in [-0.25, -0.2) is 9.97 Å². The Balaban J connectivity index is 1.41. The first-order chi connectivity index (χ1) is 11.1. The highest BCUT2D eigenvalue weighted by Crippen LogP contribution is 2.27. The van der Waals surface area contributed by atoms with Crippen LogP contribution in [0.15, 0.2) is 12.5 Å². The van der Waals surface area contributed by atoms with E-state index < -0.39 is 0 Å². The van der Waals surface area contributed by atoms with Gasteiger partial charge in [0.05, 0.1) is 24.2 Å². The van der Waals surface area contributed by atoms with E-state index in [1.807, 2.05) is 23.0 Å². The van der Waals surface area contributed by atoms with Crippen molar-refractivity contribution >= 4 is 11.8 Å². The molecule has 0 radical (unpaired) electrons. The molecule has 1 unspecified atom stereocenters. The zero-order valence-electron chi connectivity index (χ0n) is 13.3. The molecule has 122 valence electrons. The lowest BCUT2D eigenvalue weighted by atomic mass is 10.0. The van der Waals surface area contributed by atoms with Crippen LogP contribution < -0.4 is 0 Å². The number of carbonyl (C=O) groups excluding carboxylic acids is 2. The van der Waals surface area contributed by atoms with E-state index in [0.29, 0.717) is 32.1 Å². The first-order valence-electron chi connectivity index (χ1n) is 8.16. The zero-order valence-corrected chi connectivity index (χ0v) is 13.3. The molecule has 0 bridgehead atoms. The standard InChI is InChI=1S/C16H21N5O2/c1-19-7-13(8-19)21-6-12(4-15(21)22)16(23)20-3-2-11-5-17-10-18-14(11)9-20/h5,10,12-13H,2-4,6-9H2,1H3. The zero-order chi connectivity index (χ0) is 16.0. The van der Waals surface area contributed by atoms with Gasteiger partial charge in [-0.05, 0) is 19.0 Å². The minimum absolute atomic E-state index is 0.0952. The van der Waals surface area contributed by atoms with Crippen molar-refractivity contribution in [1.29, 1.82) is 0 Å². The summed E-state index contributed by atoms with van der Waals surface area (Å²) >= 11 is 0. The fraction of sp³-hybridized carbons (Fsp3) is 0.625. The largest absolute Gasteiger partial charge is 0.336 e. The van der Waals surface area contributed by atoms with Crippen LogP contribution in [0.2, 0.25) is 0 Å². The van der Waals surface area contributed by atoms with Crippen LogP contribution >= 0.6 is 0 Å². The Hall–Kier alpha value is -2.02. The quantitative estimate of drug-likeness (QED) is 0.737. The number of likely N-dealkylation sites (N-methyl/N-ethyl adjacent to an activating group) is 1.